The van der Waals surface area contributed by atoms with Gasteiger partial charge in [0.15, 0.2) is 0 Å². The highest BCUT2D eigenvalue weighted by Gasteiger charge is 2.16. The summed E-state index contributed by atoms with van der Waals surface area (Å²) >= 11 is 0. The highest BCUT2D eigenvalue weighted by Crippen LogP contribution is 2.36. The number of benzene rings is 4. The Labute approximate surface area is 235 Å². The molecule has 198 valence electrons. The van der Waals surface area contributed by atoms with Crippen molar-refractivity contribution in [1.82, 2.24) is 0 Å². The molecule has 0 bridgehead atoms. The Bertz CT molecular complexity index is 1440. The summed E-state index contributed by atoms with van der Waals surface area (Å²) in [6, 6.07) is 33.2. The lowest BCUT2D eigenvalue weighted by molar-refractivity contribution is 0.590. The molecule has 0 aliphatic rings. The zero-order valence-corrected chi connectivity index (χ0v) is 24.3. The van der Waals surface area contributed by atoms with Crippen molar-refractivity contribution < 1.29 is 0 Å². The highest BCUT2D eigenvalue weighted by molar-refractivity contribution is 5.79. The molecular weight excluding hydrogens is 470 g/mol. The molecule has 4 rings (SSSR count). The largest absolute Gasteiger partial charge is 0.311 e. The fourth-order valence-electron chi connectivity index (χ4n) is 4.70. The zero-order valence-electron chi connectivity index (χ0n) is 24.3. The van der Waals surface area contributed by atoms with Crippen LogP contribution in [0.5, 0.6) is 0 Å². The molecule has 0 amide bonds. The van der Waals surface area contributed by atoms with Gasteiger partial charge in [0.1, 0.15) is 0 Å². The number of nitrogens with zero attached hydrogens (tertiary/aromatic N) is 1. The van der Waals surface area contributed by atoms with Crippen LogP contribution in [0.4, 0.5) is 17.1 Å². The molecule has 0 aliphatic heterocycles. The predicted octanol–water partition coefficient (Wildman–Crippen LogP) is 11.4. The van der Waals surface area contributed by atoms with Crippen LogP contribution in [0.3, 0.4) is 0 Å². The van der Waals surface area contributed by atoms with Gasteiger partial charge in [-0.05, 0) is 94.1 Å². The Morgan fingerprint density at radius 2 is 1.15 bits per heavy atom. The van der Waals surface area contributed by atoms with Gasteiger partial charge < -0.3 is 4.90 Å². The van der Waals surface area contributed by atoms with Crippen molar-refractivity contribution in [3.63, 3.8) is 0 Å². The minimum atomic E-state index is 0.121. The molecule has 0 aliphatic carbocycles. The van der Waals surface area contributed by atoms with Gasteiger partial charge in [0, 0.05) is 17.1 Å². The van der Waals surface area contributed by atoms with Gasteiger partial charge in [-0.3, -0.25) is 0 Å². The molecule has 0 saturated heterocycles. The SMILES string of the molecule is C=Cc1cc(/C=C/c2ccc(N(c3ccc(C(C)C)cc3)c3ccc(C(C)(C)C)cc3)cc2)ccc1/C=C\C. The number of anilines is 3. The van der Waals surface area contributed by atoms with Crippen LogP contribution in [0.1, 0.15) is 80.8 Å². The summed E-state index contributed by atoms with van der Waals surface area (Å²) < 4.78 is 0. The Hall–Kier alpha value is -4.10. The molecule has 1 nitrogen and oxygen atoms in total. The van der Waals surface area contributed by atoms with E-state index in [1.54, 1.807) is 0 Å². The molecule has 0 fully saturated rings. The van der Waals surface area contributed by atoms with E-state index >= 15 is 0 Å². The van der Waals surface area contributed by atoms with E-state index in [9.17, 15) is 0 Å². The van der Waals surface area contributed by atoms with Gasteiger partial charge in [-0.1, -0.05) is 120 Å². The first-order valence-corrected chi connectivity index (χ1v) is 13.9. The Kier molecular flexibility index (Phi) is 8.72. The average Bonchev–Trinajstić information content (AvgIpc) is 2.93. The van der Waals surface area contributed by atoms with E-state index in [4.69, 9.17) is 0 Å². The van der Waals surface area contributed by atoms with Crippen molar-refractivity contribution >= 4 is 41.4 Å². The number of allylic oxidation sites excluding steroid dienone is 1. The smallest absolute Gasteiger partial charge is 0.0462 e. The summed E-state index contributed by atoms with van der Waals surface area (Å²) in [6.07, 6.45) is 10.4. The van der Waals surface area contributed by atoms with E-state index < -0.39 is 0 Å². The van der Waals surface area contributed by atoms with Crippen molar-refractivity contribution in [2.24, 2.45) is 0 Å². The lowest BCUT2D eigenvalue weighted by Gasteiger charge is -2.27. The molecule has 0 saturated carbocycles. The normalized spacial score (nSPS) is 12.0. The molecule has 0 aromatic heterocycles. The second-order valence-corrected chi connectivity index (χ2v) is 11.4. The summed E-state index contributed by atoms with van der Waals surface area (Å²) in [5.41, 5.74) is 10.9. The van der Waals surface area contributed by atoms with Crippen LogP contribution < -0.4 is 4.90 Å². The Morgan fingerprint density at radius 1 is 0.641 bits per heavy atom. The van der Waals surface area contributed by atoms with E-state index in [1.165, 1.54) is 16.7 Å². The molecule has 0 atom stereocenters. The number of rotatable bonds is 8. The minimum Gasteiger partial charge on any atom is -0.311 e. The molecule has 0 N–H and O–H groups in total. The lowest BCUT2D eigenvalue weighted by Crippen LogP contribution is -2.13. The van der Waals surface area contributed by atoms with Crippen LogP contribution in [-0.4, -0.2) is 0 Å². The maximum atomic E-state index is 3.98. The third-order valence-corrected chi connectivity index (χ3v) is 7.11. The quantitative estimate of drug-likeness (QED) is 0.213. The monoisotopic (exact) mass is 511 g/mol. The Morgan fingerprint density at radius 3 is 1.67 bits per heavy atom. The van der Waals surface area contributed by atoms with Crippen LogP contribution in [-0.2, 0) is 5.41 Å². The van der Waals surface area contributed by atoms with E-state index in [0.29, 0.717) is 5.92 Å². The van der Waals surface area contributed by atoms with Crippen LogP contribution >= 0.6 is 0 Å². The molecule has 1 heteroatoms. The maximum absolute atomic E-state index is 3.98. The minimum absolute atomic E-state index is 0.121. The molecule has 0 radical (unpaired) electrons. The third-order valence-electron chi connectivity index (χ3n) is 7.11. The highest BCUT2D eigenvalue weighted by atomic mass is 15.1. The topological polar surface area (TPSA) is 3.24 Å². The summed E-state index contributed by atoms with van der Waals surface area (Å²) in [4.78, 5) is 2.33. The summed E-state index contributed by atoms with van der Waals surface area (Å²) in [6.45, 7) is 17.2. The molecule has 0 heterocycles. The van der Waals surface area contributed by atoms with Crippen LogP contribution in [0.2, 0.25) is 0 Å². The van der Waals surface area contributed by atoms with Gasteiger partial charge >= 0.3 is 0 Å². The van der Waals surface area contributed by atoms with Gasteiger partial charge in [-0.25, -0.2) is 0 Å². The van der Waals surface area contributed by atoms with E-state index in [2.05, 4.69) is 161 Å². The molecule has 0 unspecified atom stereocenters. The number of hydrogen-bond acceptors (Lipinski definition) is 1. The standard InChI is InChI=1S/C38H41N/c1-8-10-33-16-13-30(27-31(33)9-2)12-11-29-14-21-35(22-15-29)39(36-23-17-32(18-24-36)28(3)4)37-25-19-34(20-26-37)38(5,6)7/h8-28H,2H2,1,3-7H3/b10-8-,12-11+. The third kappa shape index (κ3) is 6.86. The van der Waals surface area contributed by atoms with Gasteiger partial charge in [0.2, 0.25) is 0 Å². The van der Waals surface area contributed by atoms with Crippen molar-refractivity contribution in [2.75, 3.05) is 4.90 Å². The predicted molar refractivity (Wildman–Crippen MR) is 174 cm³/mol. The average molecular weight is 512 g/mol. The summed E-state index contributed by atoms with van der Waals surface area (Å²) in [5, 5.41) is 0. The van der Waals surface area contributed by atoms with E-state index in [0.717, 1.165) is 33.8 Å². The van der Waals surface area contributed by atoms with Gasteiger partial charge in [0.05, 0.1) is 0 Å². The Balaban J connectivity index is 1.65. The molecule has 4 aromatic carbocycles. The first kappa shape index (κ1) is 27.9. The first-order valence-electron chi connectivity index (χ1n) is 13.9. The lowest BCUT2D eigenvalue weighted by atomic mass is 9.87. The van der Waals surface area contributed by atoms with Crippen LogP contribution in [0.15, 0.2) is 104 Å². The van der Waals surface area contributed by atoms with Crippen molar-refractivity contribution in [3.8, 4) is 0 Å². The second kappa shape index (κ2) is 12.2. The van der Waals surface area contributed by atoms with Gasteiger partial charge in [-0.15, -0.1) is 0 Å². The van der Waals surface area contributed by atoms with E-state index in [-0.39, 0.29) is 5.41 Å². The molecular formula is C38H41N. The van der Waals surface area contributed by atoms with Crippen molar-refractivity contribution in [2.45, 2.75) is 52.9 Å². The zero-order chi connectivity index (χ0) is 28.0. The van der Waals surface area contributed by atoms with Crippen molar-refractivity contribution in [1.29, 1.82) is 0 Å². The van der Waals surface area contributed by atoms with E-state index in [1.807, 2.05) is 13.0 Å². The first-order chi connectivity index (χ1) is 18.7. The molecule has 4 aromatic rings. The fourth-order valence-corrected chi connectivity index (χ4v) is 4.70. The van der Waals surface area contributed by atoms with Crippen molar-refractivity contribution in [3.05, 3.63) is 137 Å². The van der Waals surface area contributed by atoms with Crippen LogP contribution in [0, 0.1) is 0 Å². The molecule has 0 spiro atoms. The molecule has 39 heavy (non-hydrogen) atoms. The van der Waals surface area contributed by atoms with Crippen LogP contribution in [0.25, 0.3) is 24.3 Å². The van der Waals surface area contributed by atoms with Gasteiger partial charge in [-0.2, -0.15) is 0 Å². The number of hydrogen-bond donors (Lipinski definition) is 0. The summed E-state index contributed by atoms with van der Waals surface area (Å²) in [5.74, 6) is 0.506. The van der Waals surface area contributed by atoms with Gasteiger partial charge in [0.25, 0.3) is 0 Å². The summed E-state index contributed by atoms with van der Waals surface area (Å²) in [7, 11) is 0. The fraction of sp³-hybridized carbons (Fsp3) is 0.211. The second-order valence-electron chi connectivity index (χ2n) is 11.4. The maximum Gasteiger partial charge on any atom is 0.0462 e.